The number of halogens is 2. The minimum absolute atomic E-state index is 0.0141. The molecule has 1 heterocycles. The molecule has 0 aliphatic heterocycles. The second-order valence-corrected chi connectivity index (χ2v) is 5.45. The van der Waals surface area contributed by atoms with Crippen LogP contribution < -0.4 is 5.73 Å². The van der Waals surface area contributed by atoms with Crippen LogP contribution in [-0.4, -0.2) is 23.5 Å². The van der Waals surface area contributed by atoms with Crippen molar-refractivity contribution in [3.05, 3.63) is 51.2 Å². The number of benzene rings is 1. The van der Waals surface area contributed by atoms with Crippen molar-refractivity contribution in [1.29, 1.82) is 0 Å². The summed E-state index contributed by atoms with van der Waals surface area (Å²) in [5, 5.41) is 2.12. The molecule has 0 spiro atoms. The van der Waals surface area contributed by atoms with Gasteiger partial charge in [0, 0.05) is 24.5 Å². The molecule has 0 saturated heterocycles. The molecule has 3 nitrogen and oxygen atoms in total. The van der Waals surface area contributed by atoms with Crippen LogP contribution in [0.5, 0.6) is 0 Å². The maximum atomic E-state index is 13.2. The predicted molar refractivity (Wildman–Crippen MR) is 76.8 cm³/mol. The normalized spacial score (nSPS) is 12.9. The Hall–Kier alpha value is -1.01. The molecule has 2 N–H and O–H groups in total. The van der Waals surface area contributed by atoms with E-state index in [0.717, 1.165) is 11.3 Å². The van der Waals surface area contributed by atoms with E-state index in [2.05, 4.69) is 9.88 Å². The topological polar surface area (TPSA) is 42.2 Å². The highest BCUT2D eigenvalue weighted by molar-refractivity contribution is 7.07. The molecule has 0 aliphatic rings. The largest absolute Gasteiger partial charge is 0.329 e. The lowest BCUT2D eigenvalue weighted by Gasteiger charge is -2.26. The number of likely N-dealkylation sites (N-methyl/N-ethyl adjacent to an activating group) is 1. The molecular formula is C13H15ClFN3S. The smallest absolute Gasteiger partial charge is 0.141 e. The van der Waals surface area contributed by atoms with Gasteiger partial charge in [0.2, 0.25) is 0 Å². The molecule has 1 aromatic carbocycles. The van der Waals surface area contributed by atoms with E-state index in [-0.39, 0.29) is 11.1 Å². The molecule has 0 aliphatic carbocycles. The maximum Gasteiger partial charge on any atom is 0.141 e. The Morgan fingerprint density at radius 3 is 2.89 bits per heavy atom. The highest BCUT2D eigenvalue weighted by atomic mass is 35.5. The van der Waals surface area contributed by atoms with Gasteiger partial charge < -0.3 is 5.73 Å². The first-order chi connectivity index (χ1) is 9.11. The number of aromatic nitrogens is 1. The van der Waals surface area contributed by atoms with E-state index in [4.69, 9.17) is 17.3 Å². The number of nitrogens with zero attached hydrogens (tertiary/aromatic N) is 2. The molecule has 1 atom stereocenters. The second kappa shape index (κ2) is 6.43. The van der Waals surface area contributed by atoms with Gasteiger partial charge in [-0.2, -0.15) is 0 Å². The van der Waals surface area contributed by atoms with Gasteiger partial charge in [-0.15, -0.1) is 11.3 Å². The van der Waals surface area contributed by atoms with Crippen LogP contribution in [0.15, 0.2) is 29.1 Å². The highest BCUT2D eigenvalue weighted by Gasteiger charge is 2.17. The average molecular weight is 300 g/mol. The van der Waals surface area contributed by atoms with Crippen LogP contribution in [-0.2, 0) is 6.54 Å². The number of rotatable bonds is 5. The molecule has 0 fully saturated rings. The minimum atomic E-state index is -0.414. The van der Waals surface area contributed by atoms with E-state index >= 15 is 0 Å². The van der Waals surface area contributed by atoms with Crippen LogP contribution in [0.2, 0.25) is 5.02 Å². The fraction of sp³-hybridized carbons (Fsp3) is 0.308. The summed E-state index contributed by atoms with van der Waals surface area (Å²) in [6, 6.07) is 4.71. The zero-order chi connectivity index (χ0) is 13.8. The van der Waals surface area contributed by atoms with Gasteiger partial charge in [-0.25, -0.2) is 9.37 Å². The van der Waals surface area contributed by atoms with Gasteiger partial charge in [-0.05, 0) is 24.7 Å². The summed E-state index contributed by atoms with van der Waals surface area (Å²) in [5.41, 5.74) is 9.54. The first kappa shape index (κ1) is 14.4. The van der Waals surface area contributed by atoms with Crippen molar-refractivity contribution < 1.29 is 4.39 Å². The number of hydrogen-bond acceptors (Lipinski definition) is 4. The third-order valence-electron chi connectivity index (χ3n) is 2.98. The van der Waals surface area contributed by atoms with Crippen molar-refractivity contribution in [2.24, 2.45) is 5.73 Å². The summed E-state index contributed by atoms with van der Waals surface area (Å²) in [7, 11) is 1.97. The maximum absolute atomic E-state index is 13.2. The first-order valence-electron chi connectivity index (χ1n) is 5.84. The molecule has 0 bridgehead atoms. The first-order valence-corrected chi connectivity index (χ1v) is 7.16. The fourth-order valence-electron chi connectivity index (χ4n) is 1.97. The molecule has 2 aromatic rings. The lowest BCUT2D eigenvalue weighted by atomic mass is 10.1. The monoisotopic (exact) mass is 299 g/mol. The molecule has 19 heavy (non-hydrogen) atoms. The predicted octanol–water partition coefficient (Wildman–Crippen LogP) is 3.07. The van der Waals surface area contributed by atoms with Crippen LogP contribution in [0.25, 0.3) is 0 Å². The van der Waals surface area contributed by atoms with E-state index in [1.54, 1.807) is 29.0 Å². The summed E-state index contributed by atoms with van der Waals surface area (Å²) in [6.45, 7) is 1.13. The van der Waals surface area contributed by atoms with Crippen molar-refractivity contribution in [2.75, 3.05) is 13.6 Å². The van der Waals surface area contributed by atoms with Crippen molar-refractivity contribution >= 4 is 22.9 Å². The molecule has 6 heteroatoms. The van der Waals surface area contributed by atoms with Gasteiger partial charge in [0.1, 0.15) is 5.82 Å². The van der Waals surface area contributed by atoms with E-state index in [1.165, 1.54) is 6.07 Å². The molecule has 102 valence electrons. The highest BCUT2D eigenvalue weighted by Crippen LogP contribution is 2.24. The van der Waals surface area contributed by atoms with Crippen LogP contribution >= 0.6 is 22.9 Å². The summed E-state index contributed by atoms with van der Waals surface area (Å²) >= 11 is 7.38. The standard InChI is InChI=1S/C13H15ClFN3S/c1-18(6-10-7-19-8-17-10)13(5-16)9-2-3-12(15)11(14)4-9/h2-4,7-8,13H,5-6,16H2,1H3. The average Bonchev–Trinajstić information content (AvgIpc) is 2.87. The third-order valence-corrected chi connectivity index (χ3v) is 3.90. The minimum Gasteiger partial charge on any atom is -0.329 e. The lowest BCUT2D eigenvalue weighted by molar-refractivity contribution is 0.239. The summed E-state index contributed by atoms with van der Waals surface area (Å²) < 4.78 is 13.2. The fourth-order valence-corrected chi connectivity index (χ4v) is 2.71. The van der Waals surface area contributed by atoms with Crippen molar-refractivity contribution in [1.82, 2.24) is 9.88 Å². The molecular weight excluding hydrogens is 285 g/mol. The van der Waals surface area contributed by atoms with Gasteiger partial charge in [-0.1, -0.05) is 17.7 Å². The van der Waals surface area contributed by atoms with Crippen molar-refractivity contribution in [2.45, 2.75) is 12.6 Å². The Labute approximate surface area is 120 Å². The van der Waals surface area contributed by atoms with Crippen LogP contribution in [0, 0.1) is 5.82 Å². The summed E-state index contributed by atoms with van der Waals surface area (Å²) in [6.07, 6.45) is 0. The van der Waals surface area contributed by atoms with E-state index < -0.39 is 5.82 Å². The SMILES string of the molecule is CN(Cc1cscn1)C(CN)c1ccc(F)c(Cl)c1. The lowest BCUT2D eigenvalue weighted by Crippen LogP contribution is -2.30. The molecule has 0 saturated carbocycles. The molecule has 1 unspecified atom stereocenters. The summed E-state index contributed by atoms with van der Waals surface area (Å²) in [4.78, 5) is 6.33. The number of thiazole rings is 1. The molecule has 1 aromatic heterocycles. The Morgan fingerprint density at radius 1 is 1.53 bits per heavy atom. The third kappa shape index (κ3) is 3.51. The molecule has 2 rings (SSSR count). The summed E-state index contributed by atoms with van der Waals surface area (Å²) in [5.74, 6) is -0.414. The van der Waals surface area contributed by atoms with Crippen LogP contribution in [0.1, 0.15) is 17.3 Å². The number of hydrogen-bond donors (Lipinski definition) is 1. The van der Waals surface area contributed by atoms with E-state index in [1.807, 2.05) is 12.4 Å². The number of nitrogens with two attached hydrogens (primary N) is 1. The van der Waals surface area contributed by atoms with Gasteiger partial charge in [0.05, 0.1) is 16.2 Å². The zero-order valence-electron chi connectivity index (χ0n) is 10.5. The van der Waals surface area contributed by atoms with Crippen LogP contribution in [0.4, 0.5) is 4.39 Å². The van der Waals surface area contributed by atoms with Gasteiger partial charge in [-0.3, -0.25) is 4.90 Å². The van der Waals surface area contributed by atoms with Crippen molar-refractivity contribution in [3.8, 4) is 0 Å². The van der Waals surface area contributed by atoms with Gasteiger partial charge in [0.25, 0.3) is 0 Å². The molecule has 0 amide bonds. The molecule has 0 radical (unpaired) electrons. The Morgan fingerprint density at radius 2 is 2.32 bits per heavy atom. The van der Waals surface area contributed by atoms with Crippen LogP contribution in [0.3, 0.4) is 0 Å². The second-order valence-electron chi connectivity index (χ2n) is 4.32. The Bertz CT molecular complexity index is 533. The van der Waals surface area contributed by atoms with Gasteiger partial charge in [0.15, 0.2) is 0 Å². The Kier molecular flexibility index (Phi) is 4.87. The van der Waals surface area contributed by atoms with E-state index in [9.17, 15) is 4.39 Å². The Balaban J connectivity index is 2.16. The van der Waals surface area contributed by atoms with Crippen molar-refractivity contribution in [3.63, 3.8) is 0 Å². The zero-order valence-corrected chi connectivity index (χ0v) is 12.1. The quantitative estimate of drug-likeness (QED) is 0.922. The van der Waals surface area contributed by atoms with Gasteiger partial charge >= 0.3 is 0 Å². The van der Waals surface area contributed by atoms with E-state index in [0.29, 0.717) is 13.1 Å².